The Kier molecular flexibility index (Phi) is 1.53. The van der Waals surface area contributed by atoms with E-state index >= 15 is 0 Å². The summed E-state index contributed by atoms with van der Waals surface area (Å²) in [5, 5.41) is 10.9. The highest BCUT2D eigenvalue weighted by molar-refractivity contribution is 5.58. The van der Waals surface area contributed by atoms with E-state index in [1.807, 2.05) is 19.9 Å². The van der Waals surface area contributed by atoms with Crippen molar-refractivity contribution in [3.05, 3.63) is 23.3 Å². The Labute approximate surface area is 60.3 Å². The number of rotatable bonds is 0. The van der Waals surface area contributed by atoms with Gasteiger partial charge in [-0.1, -0.05) is 6.07 Å². The molecule has 2 nitrogen and oxygen atoms in total. The largest absolute Gasteiger partial charge is 0.395 e. The van der Waals surface area contributed by atoms with Crippen LogP contribution in [-0.2, 0) is 5.11 Å². The van der Waals surface area contributed by atoms with Gasteiger partial charge in [0.15, 0.2) is 0 Å². The van der Waals surface area contributed by atoms with E-state index in [1.165, 1.54) is 0 Å². The van der Waals surface area contributed by atoms with Crippen LogP contribution in [0.1, 0.15) is 11.1 Å². The summed E-state index contributed by atoms with van der Waals surface area (Å²) in [5.74, 6) is -0.0718. The molecule has 0 amide bonds. The van der Waals surface area contributed by atoms with Gasteiger partial charge in [0.1, 0.15) is 0 Å². The Morgan fingerprint density at radius 1 is 1.30 bits per heavy atom. The summed E-state index contributed by atoms with van der Waals surface area (Å²) in [6.45, 7) is 3.72. The number of hydrogen-bond acceptors (Lipinski definition) is 1. The number of hydrogen-bond donors (Lipinski definition) is 1. The molecule has 1 radical (unpaired) electrons. The van der Waals surface area contributed by atoms with Crippen LogP contribution < -0.4 is 5.73 Å². The Balaban J connectivity index is 3.31. The number of nitrogens with two attached hydrogens (primary N) is 1. The van der Waals surface area contributed by atoms with Gasteiger partial charge in [-0.25, -0.2) is 0 Å². The summed E-state index contributed by atoms with van der Waals surface area (Å²) in [6, 6.07) is 3.44. The molecule has 10 heavy (non-hydrogen) atoms. The maximum atomic E-state index is 10.9. The van der Waals surface area contributed by atoms with Crippen molar-refractivity contribution in [2.24, 2.45) is 0 Å². The lowest BCUT2D eigenvalue weighted by molar-refractivity contribution is 0.357. The van der Waals surface area contributed by atoms with Crippen molar-refractivity contribution in [1.82, 2.24) is 0 Å². The van der Waals surface area contributed by atoms with Gasteiger partial charge in [-0.05, 0) is 31.0 Å². The zero-order valence-corrected chi connectivity index (χ0v) is 6.14. The molecule has 0 aliphatic rings. The first-order chi connectivity index (χ1) is 4.61. The standard InChI is InChI=1S/C8H10NO/c1-5-3-6(2)8(9)7(10)4-5/h3-4H,9H2,1-2H3. The molecule has 0 bridgehead atoms. The van der Waals surface area contributed by atoms with Crippen molar-refractivity contribution >= 4 is 5.69 Å². The molecule has 0 atom stereocenters. The van der Waals surface area contributed by atoms with Gasteiger partial charge in [0, 0.05) is 0 Å². The average molecular weight is 136 g/mol. The second-order valence-corrected chi connectivity index (χ2v) is 2.49. The van der Waals surface area contributed by atoms with Crippen molar-refractivity contribution in [2.45, 2.75) is 13.8 Å². The lowest BCUT2D eigenvalue weighted by atomic mass is 10.1. The number of aryl methyl sites for hydroxylation is 2. The summed E-state index contributed by atoms with van der Waals surface area (Å²) < 4.78 is 0. The molecule has 2 N–H and O–H groups in total. The molecule has 0 fully saturated rings. The Hall–Kier alpha value is -1.18. The van der Waals surface area contributed by atoms with Gasteiger partial charge in [0.25, 0.3) is 0 Å². The van der Waals surface area contributed by atoms with Gasteiger partial charge in [0.2, 0.25) is 5.75 Å². The molecule has 0 spiro atoms. The fraction of sp³-hybridized carbons (Fsp3) is 0.250. The second-order valence-electron chi connectivity index (χ2n) is 2.49. The zero-order chi connectivity index (χ0) is 7.72. The maximum absolute atomic E-state index is 10.9. The lowest BCUT2D eigenvalue weighted by Crippen LogP contribution is -1.89. The monoisotopic (exact) mass is 136 g/mol. The third kappa shape index (κ3) is 1.05. The summed E-state index contributed by atoms with van der Waals surface area (Å²) in [5.41, 5.74) is 7.64. The van der Waals surface area contributed by atoms with E-state index in [1.54, 1.807) is 6.07 Å². The normalized spacial score (nSPS) is 9.80. The molecule has 0 aliphatic heterocycles. The minimum absolute atomic E-state index is 0.0718. The van der Waals surface area contributed by atoms with E-state index in [0.717, 1.165) is 11.1 Å². The third-order valence-electron chi connectivity index (χ3n) is 1.49. The van der Waals surface area contributed by atoms with Crippen LogP contribution in [0.15, 0.2) is 12.1 Å². The molecule has 53 valence electrons. The van der Waals surface area contributed by atoms with Crippen molar-refractivity contribution in [2.75, 3.05) is 5.73 Å². The highest BCUT2D eigenvalue weighted by atomic mass is 16.3. The molecule has 0 unspecified atom stereocenters. The van der Waals surface area contributed by atoms with Crippen LogP contribution >= 0.6 is 0 Å². The average Bonchev–Trinajstić information content (AvgIpc) is 1.82. The SMILES string of the molecule is Cc1cc(C)c(N)c([O])c1. The first-order valence-electron chi connectivity index (χ1n) is 3.15. The van der Waals surface area contributed by atoms with E-state index in [9.17, 15) is 5.11 Å². The van der Waals surface area contributed by atoms with Gasteiger partial charge in [-0.2, -0.15) is 0 Å². The summed E-state index contributed by atoms with van der Waals surface area (Å²) in [6.07, 6.45) is 0. The quantitative estimate of drug-likeness (QED) is 0.545. The molecule has 0 saturated heterocycles. The van der Waals surface area contributed by atoms with Crippen molar-refractivity contribution in [3.63, 3.8) is 0 Å². The molecule has 0 aromatic heterocycles. The molecule has 1 aromatic carbocycles. The Morgan fingerprint density at radius 2 is 1.90 bits per heavy atom. The van der Waals surface area contributed by atoms with Gasteiger partial charge < -0.3 is 5.73 Å². The van der Waals surface area contributed by atoms with E-state index in [-0.39, 0.29) is 5.75 Å². The van der Waals surface area contributed by atoms with Gasteiger partial charge in [-0.15, -0.1) is 0 Å². The van der Waals surface area contributed by atoms with E-state index < -0.39 is 0 Å². The zero-order valence-electron chi connectivity index (χ0n) is 6.14. The molecule has 0 aliphatic carbocycles. The van der Waals surface area contributed by atoms with E-state index in [2.05, 4.69) is 0 Å². The Bertz CT molecular complexity index is 232. The van der Waals surface area contributed by atoms with Crippen LogP contribution in [-0.4, -0.2) is 0 Å². The van der Waals surface area contributed by atoms with Crippen LogP contribution in [0.2, 0.25) is 0 Å². The fourth-order valence-corrected chi connectivity index (χ4v) is 0.940. The summed E-state index contributed by atoms with van der Waals surface area (Å²) in [4.78, 5) is 0. The van der Waals surface area contributed by atoms with Crippen LogP contribution in [0, 0.1) is 13.8 Å². The van der Waals surface area contributed by atoms with Crippen molar-refractivity contribution in [3.8, 4) is 5.75 Å². The van der Waals surface area contributed by atoms with Crippen LogP contribution in [0.5, 0.6) is 5.75 Å². The number of benzene rings is 1. The second kappa shape index (κ2) is 2.21. The molecule has 1 rings (SSSR count). The lowest BCUT2D eigenvalue weighted by Gasteiger charge is -2.00. The molecular formula is C8H10NO. The summed E-state index contributed by atoms with van der Waals surface area (Å²) >= 11 is 0. The molecule has 2 heteroatoms. The number of anilines is 1. The maximum Gasteiger partial charge on any atom is 0.201 e. The molecule has 1 aromatic rings. The number of nitrogen functional groups attached to an aromatic ring is 1. The van der Waals surface area contributed by atoms with Crippen LogP contribution in [0.3, 0.4) is 0 Å². The minimum atomic E-state index is -0.0718. The minimum Gasteiger partial charge on any atom is -0.395 e. The van der Waals surface area contributed by atoms with Crippen LogP contribution in [0.25, 0.3) is 0 Å². The van der Waals surface area contributed by atoms with Gasteiger partial charge in [-0.3, -0.25) is 5.11 Å². The fourth-order valence-electron chi connectivity index (χ4n) is 0.940. The first-order valence-corrected chi connectivity index (χ1v) is 3.15. The predicted octanol–water partition coefficient (Wildman–Crippen LogP) is 2.03. The molecular weight excluding hydrogens is 126 g/mol. The van der Waals surface area contributed by atoms with E-state index in [0.29, 0.717) is 5.69 Å². The van der Waals surface area contributed by atoms with Gasteiger partial charge in [0.05, 0.1) is 5.69 Å². The predicted molar refractivity (Wildman–Crippen MR) is 40.5 cm³/mol. The summed E-state index contributed by atoms with van der Waals surface area (Å²) in [7, 11) is 0. The topological polar surface area (TPSA) is 45.9 Å². The highest BCUT2D eigenvalue weighted by Gasteiger charge is 2.01. The van der Waals surface area contributed by atoms with Crippen molar-refractivity contribution < 1.29 is 5.11 Å². The van der Waals surface area contributed by atoms with E-state index in [4.69, 9.17) is 5.73 Å². The van der Waals surface area contributed by atoms with Crippen LogP contribution in [0.4, 0.5) is 5.69 Å². The van der Waals surface area contributed by atoms with Gasteiger partial charge >= 0.3 is 0 Å². The third-order valence-corrected chi connectivity index (χ3v) is 1.49. The highest BCUT2D eigenvalue weighted by Crippen LogP contribution is 2.25. The Morgan fingerprint density at radius 3 is 2.40 bits per heavy atom. The molecule has 0 saturated carbocycles. The molecule has 0 heterocycles. The first kappa shape index (κ1) is 6.93. The van der Waals surface area contributed by atoms with Crippen molar-refractivity contribution in [1.29, 1.82) is 0 Å². The smallest absolute Gasteiger partial charge is 0.201 e.